The van der Waals surface area contributed by atoms with E-state index in [4.69, 9.17) is 19.4 Å². The Morgan fingerprint density at radius 1 is 0.343 bits per heavy atom. The molecule has 0 fully saturated rings. The lowest BCUT2D eigenvalue weighted by molar-refractivity contribution is 0.670. The van der Waals surface area contributed by atoms with Crippen molar-refractivity contribution in [2.45, 2.75) is 0 Å². The van der Waals surface area contributed by atoms with Crippen LogP contribution in [0.1, 0.15) is 5.56 Å². The van der Waals surface area contributed by atoms with Gasteiger partial charge in [-0.1, -0.05) is 182 Å². The molecule has 0 aliphatic heterocycles. The number of nitriles is 1. The van der Waals surface area contributed by atoms with Gasteiger partial charge in [-0.05, 0) is 109 Å². The number of hydrogen-bond acceptors (Lipinski definition) is 5. The van der Waals surface area contributed by atoms with Crippen LogP contribution in [0.15, 0.2) is 235 Å². The highest BCUT2D eigenvalue weighted by molar-refractivity contribution is 6.21. The van der Waals surface area contributed by atoms with Crippen LogP contribution in [-0.2, 0) is 0 Å². The molecule has 312 valence electrons. The molecule has 10 aromatic carbocycles. The predicted molar refractivity (Wildman–Crippen MR) is 273 cm³/mol. The normalized spacial score (nSPS) is 11.3. The van der Waals surface area contributed by atoms with E-state index in [1.165, 1.54) is 5.56 Å². The maximum atomic E-state index is 9.54. The minimum Gasteiger partial charge on any atom is -0.455 e. The molecular formula is C62H38N4O. The zero-order chi connectivity index (χ0) is 44.7. The summed E-state index contributed by atoms with van der Waals surface area (Å²) in [6.45, 7) is 0. The largest absolute Gasteiger partial charge is 0.455 e. The van der Waals surface area contributed by atoms with Crippen molar-refractivity contribution in [1.82, 2.24) is 15.0 Å². The van der Waals surface area contributed by atoms with Crippen LogP contribution in [-0.4, -0.2) is 15.0 Å². The van der Waals surface area contributed by atoms with Crippen molar-refractivity contribution >= 4 is 32.7 Å². The summed E-state index contributed by atoms with van der Waals surface area (Å²) in [5.74, 6) is 1.72. The fourth-order valence-electron chi connectivity index (χ4n) is 9.23. The molecule has 0 saturated heterocycles. The van der Waals surface area contributed by atoms with Gasteiger partial charge in [0.2, 0.25) is 0 Å². The third kappa shape index (κ3) is 7.39. The number of nitrogens with zero attached hydrogens (tertiary/aromatic N) is 4. The highest BCUT2D eigenvalue weighted by atomic mass is 16.3. The minimum atomic E-state index is 0.563. The molecule has 5 nitrogen and oxygen atoms in total. The molecule has 0 aliphatic rings. The fourth-order valence-corrected chi connectivity index (χ4v) is 9.23. The second-order valence-corrected chi connectivity index (χ2v) is 16.7. The number of fused-ring (bicyclic) bond motifs is 4. The van der Waals surface area contributed by atoms with Crippen LogP contribution >= 0.6 is 0 Å². The number of furan rings is 1. The SMILES string of the molecule is N#Cc1ccc(-c2cc(-c3ccc(-c4nc(-c5ccccc5)nc(-c5cccc6oc7c(-c8ccccc8)c8ccccc8cc7c56)n4)cc3)cc(-c3cccc(-c4ccccc4)c3)c2)cc1. The van der Waals surface area contributed by atoms with Gasteiger partial charge in [0.05, 0.1) is 11.6 Å². The molecule has 67 heavy (non-hydrogen) atoms. The first-order valence-electron chi connectivity index (χ1n) is 22.3. The van der Waals surface area contributed by atoms with Gasteiger partial charge >= 0.3 is 0 Å². The van der Waals surface area contributed by atoms with Crippen molar-refractivity contribution in [3.63, 3.8) is 0 Å². The molecule has 12 rings (SSSR count). The average Bonchev–Trinajstić information content (AvgIpc) is 3.79. The van der Waals surface area contributed by atoms with Crippen LogP contribution in [0.4, 0.5) is 0 Å². The molecule has 0 atom stereocenters. The predicted octanol–water partition coefficient (Wildman–Crippen LogP) is 16.1. The van der Waals surface area contributed by atoms with Crippen LogP contribution in [0, 0.1) is 11.3 Å². The summed E-state index contributed by atoms with van der Waals surface area (Å²) in [5, 5.41) is 13.8. The molecule has 0 spiro atoms. The fraction of sp³-hybridized carbons (Fsp3) is 0. The third-order valence-corrected chi connectivity index (χ3v) is 12.5. The van der Waals surface area contributed by atoms with E-state index in [2.05, 4.69) is 158 Å². The molecule has 5 heteroatoms. The smallest absolute Gasteiger partial charge is 0.164 e. The number of benzene rings is 10. The summed E-state index contributed by atoms with van der Waals surface area (Å²) in [4.78, 5) is 15.5. The molecule has 2 aromatic heterocycles. The average molecular weight is 855 g/mol. The molecule has 0 saturated carbocycles. The van der Waals surface area contributed by atoms with Crippen LogP contribution in [0.2, 0.25) is 0 Å². The Hall–Kier alpha value is -9.24. The van der Waals surface area contributed by atoms with Gasteiger partial charge in [0.15, 0.2) is 17.5 Å². The van der Waals surface area contributed by atoms with Gasteiger partial charge in [-0.15, -0.1) is 0 Å². The lowest BCUT2D eigenvalue weighted by Crippen LogP contribution is -2.00. The standard InChI is InChI=1S/C62H38N4O/c63-39-40-26-28-42(29-27-40)50-35-51(37-52(36-50)48-22-12-21-47(34-48)41-14-4-1-5-15-41)43-30-32-46(33-31-43)61-64-60(45-18-8-3-9-19-45)65-62(66-61)54-24-13-25-56-58(54)55-38-49-20-10-11-23-53(49)57(59(55)67-56)44-16-6-2-7-17-44/h1-38H. The molecule has 12 aromatic rings. The Labute approximate surface area is 387 Å². The van der Waals surface area contributed by atoms with Gasteiger partial charge in [0.1, 0.15) is 11.2 Å². The maximum absolute atomic E-state index is 9.54. The number of aromatic nitrogens is 3. The molecule has 0 bridgehead atoms. The summed E-state index contributed by atoms with van der Waals surface area (Å²) in [6.07, 6.45) is 0. The number of rotatable bonds is 8. The zero-order valence-corrected chi connectivity index (χ0v) is 36.1. The molecule has 0 N–H and O–H groups in total. The Bertz CT molecular complexity index is 3840. The second kappa shape index (κ2) is 16.7. The quantitative estimate of drug-likeness (QED) is 0.152. The van der Waals surface area contributed by atoms with E-state index in [1.54, 1.807) is 0 Å². The van der Waals surface area contributed by atoms with Gasteiger partial charge in [-0.25, -0.2) is 15.0 Å². The van der Waals surface area contributed by atoms with Gasteiger partial charge in [-0.3, -0.25) is 0 Å². The lowest BCUT2D eigenvalue weighted by Gasteiger charge is -2.13. The highest BCUT2D eigenvalue weighted by Crippen LogP contribution is 2.44. The van der Waals surface area contributed by atoms with Crippen molar-refractivity contribution < 1.29 is 4.42 Å². The Balaban J connectivity index is 0.991. The van der Waals surface area contributed by atoms with Crippen molar-refractivity contribution in [3.8, 4) is 95.9 Å². The van der Waals surface area contributed by atoms with Gasteiger partial charge in [0, 0.05) is 33.0 Å². The zero-order valence-electron chi connectivity index (χ0n) is 36.1. The van der Waals surface area contributed by atoms with Gasteiger partial charge < -0.3 is 4.42 Å². The monoisotopic (exact) mass is 854 g/mol. The Kier molecular flexibility index (Phi) is 9.82. The van der Waals surface area contributed by atoms with E-state index in [9.17, 15) is 5.26 Å². The molecule has 0 unspecified atom stereocenters. The summed E-state index contributed by atoms with van der Waals surface area (Å²) < 4.78 is 6.82. The first kappa shape index (κ1) is 39.4. The first-order chi connectivity index (χ1) is 33.1. The summed E-state index contributed by atoms with van der Waals surface area (Å²) >= 11 is 0. The van der Waals surface area contributed by atoms with Crippen LogP contribution in [0.5, 0.6) is 0 Å². The molecule has 0 radical (unpaired) electrons. The van der Waals surface area contributed by atoms with Gasteiger partial charge in [-0.2, -0.15) is 5.26 Å². The van der Waals surface area contributed by atoms with E-state index >= 15 is 0 Å². The van der Waals surface area contributed by atoms with Crippen LogP contribution in [0.3, 0.4) is 0 Å². The summed E-state index contributed by atoms with van der Waals surface area (Å²) in [5.41, 5.74) is 15.8. The number of hydrogen-bond donors (Lipinski definition) is 0. The first-order valence-corrected chi connectivity index (χ1v) is 22.3. The van der Waals surface area contributed by atoms with E-state index in [-0.39, 0.29) is 0 Å². The van der Waals surface area contributed by atoms with Crippen LogP contribution in [0.25, 0.3) is 123 Å². The van der Waals surface area contributed by atoms with E-state index in [0.717, 1.165) is 99.5 Å². The van der Waals surface area contributed by atoms with Crippen molar-refractivity contribution in [2.75, 3.05) is 0 Å². The van der Waals surface area contributed by atoms with E-state index in [1.807, 2.05) is 78.9 Å². The molecular weight excluding hydrogens is 817 g/mol. The molecule has 2 heterocycles. The summed E-state index contributed by atoms with van der Waals surface area (Å²) in [7, 11) is 0. The minimum absolute atomic E-state index is 0.563. The maximum Gasteiger partial charge on any atom is 0.164 e. The highest BCUT2D eigenvalue weighted by Gasteiger charge is 2.21. The van der Waals surface area contributed by atoms with E-state index < -0.39 is 0 Å². The Morgan fingerprint density at radius 3 is 1.46 bits per heavy atom. The van der Waals surface area contributed by atoms with Gasteiger partial charge in [0.25, 0.3) is 0 Å². The lowest BCUT2D eigenvalue weighted by atomic mass is 9.91. The molecule has 0 amide bonds. The van der Waals surface area contributed by atoms with Crippen molar-refractivity contribution in [1.29, 1.82) is 5.26 Å². The van der Waals surface area contributed by atoms with E-state index in [0.29, 0.717) is 23.0 Å². The topological polar surface area (TPSA) is 75.6 Å². The second-order valence-electron chi connectivity index (χ2n) is 16.7. The van der Waals surface area contributed by atoms with Crippen LogP contribution < -0.4 is 0 Å². The van der Waals surface area contributed by atoms with Crippen molar-refractivity contribution in [2.24, 2.45) is 0 Å². The Morgan fingerprint density at radius 2 is 0.806 bits per heavy atom. The summed E-state index contributed by atoms with van der Waals surface area (Å²) in [6, 6.07) is 81.7. The third-order valence-electron chi connectivity index (χ3n) is 12.5. The van der Waals surface area contributed by atoms with Crippen molar-refractivity contribution in [3.05, 3.63) is 236 Å². The molecule has 0 aliphatic carbocycles.